The van der Waals surface area contributed by atoms with Gasteiger partial charge in [-0.05, 0) is 28.5 Å². The zero-order valence-corrected chi connectivity index (χ0v) is 17.9. The minimum atomic E-state index is -0.280. The topological polar surface area (TPSA) is 81.8 Å². The van der Waals surface area contributed by atoms with E-state index in [0.29, 0.717) is 17.0 Å². The largest absolute Gasteiger partial charge is 0.343 e. The highest BCUT2D eigenvalue weighted by atomic mass is 32.1. The van der Waals surface area contributed by atoms with Crippen molar-refractivity contribution in [2.75, 3.05) is 0 Å². The van der Waals surface area contributed by atoms with Gasteiger partial charge in [-0.2, -0.15) is 5.10 Å². The number of thiophene rings is 1. The predicted octanol–water partition coefficient (Wildman–Crippen LogP) is 3.22. The first-order valence-electron chi connectivity index (χ1n) is 9.74. The van der Waals surface area contributed by atoms with E-state index in [9.17, 15) is 9.59 Å². The summed E-state index contributed by atoms with van der Waals surface area (Å²) in [6.07, 6.45) is 2.87. The highest BCUT2D eigenvalue weighted by Crippen LogP contribution is 2.27. The lowest BCUT2D eigenvalue weighted by atomic mass is 9.98. The molecule has 154 valence electrons. The lowest BCUT2D eigenvalue weighted by Gasteiger charge is -2.19. The molecule has 4 aromatic rings. The van der Waals surface area contributed by atoms with Crippen LogP contribution in [0.3, 0.4) is 0 Å². The van der Waals surface area contributed by atoms with Gasteiger partial charge in [0.25, 0.3) is 5.56 Å². The van der Waals surface area contributed by atoms with Gasteiger partial charge in [0.15, 0.2) is 5.65 Å². The molecule has 30 heavy (non-hydrogen) atoms. The van der Waals surface area contributed by atoms with E-state index in [4.69, 9.17) is 0 Å². The summed E-state index contributed by atoms with van der Waals surface area (Å²) in [5.41, 5.74) is 2.47. The van der Waals surface area contributed by atoms with Crippen molar-refractivity contribution in [1.82, 2.24) is 24.6 Å². The molecule has 0 radical (unpaired) electrons. The lowest BCUT2D eigenvalue weighted by Crippen LogP contribution is -2.35. The van der Waals surface area contributed by atoms with E-state index in [2.05, 4.69) is 53.5 Å². The molecule has 1 unspecified atom stereocenters. The summed E-state index contributed by atoms with van der Waals surface area (Å²) in [5.74, 6) is 0.184. The van der Waals surface area contributed by atoms with Crippen molar-refractivity contribution in [3.05, 3.63) is 80.7 Å². The number of carbonyl (C=O) groups excluding carboxylic acids is 1. The summed E-state index contributed by atoms with van der Waals surface area (Å²) in [6.45, 7) is 4.19. The Balaban J connectivity index is 1.58. The molecule has 0 aliphatic carbocycles. The van der Waals surface area contributed by atoms with Crippen LogP contribution in [0.1, 0.15) is 41.8 Å². The average Bonchev–Trinajstić information content (AvgIpc) is 3.39. The number of nitrogens with zero attached hydrogens (tertiary/aromatic N) is 4. The van der Waals surface area contributed by atoms with Gasteiger partial charge in [-0.25, -0.2) is 4.98 Å². The minimum absolute atomic E-state index is 0.109. The fourth-order valence-electron chi connectivity index (χ4n) is 3.39. The molecule has 0 saturated heterocycles. The Bertz CT molecular complexity index is 1220. The Hall–Kier alpha value is -3.26. The van der Waals surface area contributed by atoms with Crippen LogP contribution < -0.4 is 10.9 Å². The predicted molar refractivity (Wildman–Crippen MR) is 118 cm³/mol. The van der Waals surface area contributed by atoms with E-state index in [0.717, 1.165) is 10.4 Å². The zero-order chi connectivity index (χ0) is 21.3. The Morgan fingerprint density at radius 1 is 1.17 bits per heavy atom. The molecule has 0 fully saturated rings. The number of amides is 1. The maximum atomic E-state index is 12.8. The van der Waals surface area contributed by atoms with Gasteiger partial charge in [-0.15, -0.1) is 11.3 Å². The Morgan fingerprint density at radius 2 is 1.90 bits per heavy atom. The first-order chi connectivity index (χ1) is 14.4. The van der Waals surface area contributed by atoms with Crippen LogP contribution in [0.2, 0.25) is 0 Å². The second kappa shape index (κ2) is 8.23. The Kier molecular flexibility index (Phi) is 5.50. The minimum Gasteiger partial charge on any atom is -0.343 e. The smallest absolute Gasteiger partial charge is 0.264 e. The first-order valence-corrected chi connectivity index (χ1v) is 10.6. The van der Waals surface area contributed by atoms with Crippen molar-refractivity contribution in [3.63, 3.8) is 0 Å². The molecule has 0 aliphatic heterocycles. The van der Waals surface area contributed by atoms with Crippen LogP contribution in [0.15, 0.2) is 59.1 Å². The van der Waals surface area contributed by atoms with Gasteiger partial charge in [0.05, 0.1) is 12.2 Å². The fourth-order valence-corrected chi connectivity index (χ4v) is 4.19. The molecule has 1 atom stereocenters. The second-order valence-electron chi connectivity index (χ2n) is 7.52. The van der Waals surface area contributed by atoms with Gasteiger partial charge in [0.2, 0.25) is 5.91 Å². The summed E-state index contributed by atoms with van der Waals surface area (Å²) in [6, 6.07) is 12.0. The number of hydrogen-bond donors (Lipinski definition) is 1. The molecule has 3 aromatic heterocycles. The number of aromatic nitrogens is 4. The summed E-state index contributed by atoms with van der Waals surface area (Å²) in [5, 5.41) is 9.52. The lowest BCUT2D eigenvalue weighted by molar-refractivity contribution is -0.122. The first kappa shape index (κ1) is 20.0. The number of benzene rings is 1. The quantitative estimate of drug-likeness (QED) is 0.518. The standard InChI is InChI=1S/C22H23N5O2S/c1-14(2)15-6-8-16(9-7-15)20(18-5-4-10-30-18)25-19(28)12-27-13-23-21-17(22(27)29)11-24-26(21)3/h4-11,13-14,20H,12H2,1-3H3,(H,25,28). The van der Waals surface area contributed by atoms with E-state index in [1.54, 1.807) is 18.4 Å². The number of aryl methyl sites for hydroxylation is 1. The highest BCUT2D eigenvalue weighted by molar-refractivity contribution is 7.10. The van der Waals surface area contributed by atoms with Crippen molar-refractivity contribution in [2.45, 2.75) is 32.4 Å². The summed E-state index contributed by atoms with van der Waals surface area (Å²) in [7, 11) is 1.72. The van der Waals surface area contributed by atoms with Gasteiger partial charge in [0, 0.05) is 11.9 Å². The number of hydrogen-bond acceptors (Lipinski definition) is 5. The number of nitrogens with one attached hydrogen (secondary N) is 1. The third-order valence-electron chi connectivity index (χ3n) is 5.10. The molecule has 4 rings (SSSR count). The molecule has 0 bridgehead atoms. The van der Waals surface area contributed by atoms with E-state index >= 15 is 0 Å². The van der Waals surface area contributed by atoms with Gasteiger partial charge in [-0.3, -0.25) is 18.8 Å². The zero-order valence-electron chi connectivity index (χ0n) is 17.1. The van der Waals surface area contributed by atoms with Crippen LogP contribution in [0.4, 0.5) is 0 Å². The van der Waals surface area contributed by atoms with Crippen LogP contribution in [-0.4, -0.2) is 25.2 Å². The Labute approximate surface area is 178 Å². The molecule has 1 amide bonds. The third kappa shape index (κ3) is 3.91. The summed E-state index contributed by atoms with van der Waals surface area (Å²) >= 11 is 1.59. The number of fused-ring (bicyclic) bond motifs is 1. The third-order valence-corrected chi connectivity index (χ3v) is 6.04. The molecule has 0 aliphatic rings. The van der Waals surface area contributed by atoms with Crippen LogP contribution in [0.25, 0.3) is 11.0 Å². The van der Waals surface area contributed by atoms with Crippen LogP contribution in [0.5, 0.6) is 0 Å². The van der Waals surface area contributed by atoms with Crippen LogP contribution in [-0.2, 0) is 18.4 Å². The second-order valence-corrected chi connectivity index (χ2v) is 8.50. The average molecular weight is 422 g/mol. The molecule has 0 saturated carbocycles. The number of rotatable bonds is 6. The molecule has 8 heteroatoms. The van der Waals surface area contributed by atoms with Crippen LogP contribution in [0, 0.1) is 0 Å². The summed E-state index contributed by atoms with van der Waals surface area (Å²) < 4.78 is 2.85. The van der Waals surface area contributed by atoms with Crippen molar-refractivity contribution < 1.29 is 4.79 Å². The van der Waals surface area contributed by atoms with Crippen molar-refractivity contribution in [2.24, 2.45) is 7.05 Å². The molecule has 7 nitrogen and oxygen atoms in total. The van der Waals surface area contributed by atoms with Crippen molar-refractivity contribution in [3.8, 4) is 0 Å². The van der Waals surface area contributed by atoms with Crippen molar-refractivity contribution >= 4 is 28.3 Å². The van der Waals surface area contributed by atoms with E-state index in [-0.39, 0.29) is 24.1 Å². The molecule has 1 aromatic carbocycles. The Morgan fingerprint density at radius 3 is 2.57 bits per heavy atom. The molecule has 0 spiro atoms. The monoisotopic (exact) mass is 421 g/mol. The molecular weight excluding hydrogens is 398 g/mol. The van der Waals surface area contributed by atoms with E-state index < -0.39 is 0 Å². The SMILES string of the molecule is CC(C)c1ccc(C(NC(=O)Cn2cnc3c(cnn3C)c2=O)c2cccs2)cc1. The van der Waals surface area contributed by atoms with E-state index in [1.165, 1.54) is 27.3 Å². The normalized spacial score (nSPS) is 12.4. The molecule has 1 N–H and O–H groups in total. The molecule has 3 heterocycles. The number of carbonyl (C=O) groups is 1. The van der Waals surface area contributed by atoms with Gasteiger partial charge in [0.1, 0.15) is 18.3 Å². The maximum absolute atomic E-state index is 12.8. The van der Waals surface area contributed by atoms with Gasteiger partial charge < -0.3 is 5.32 Å². The molecular formula is C22H23N5O2S. The van der Waals surface area contributed by atoms with Gasteiger partial charge >= 0.3 is 0 Å². The highest BCUT2D eigenvalue weighted by Gasteiger charge is 2.19. The van der Waals surface area contributed by atoms with Crippen LogP contribution >= 0.6 is 11.3 Å². The summed E-state index contributed by atoms with van der Waals surface area (Å²) in [4.78, 5) is 30.8. The fraction of sp³-hybridized carbons (Fsp3) is 0.273. The van der Waals surface area contributed by atoms with Gasteiger partial charge in [-0.1, -0.05) is 44.2 Å². The van der Waals surface area contributed by atoms with Crippen molar-refractivity contribution in [1.29, 1.82) is 0 Å². The maximum Gasteiger partial charge on any atom is 0.264 e. The van der Waals surface area contributed by atoms with E-state index in [1.807, 2.05) is 17.5 Å².